The number of hydrogen-bond donors (Lipinski definition) is 1. The summed E-state index contributed by atoms with van der Waals surface area (Å²) in [6, 6.07) is 8.06. The van der Waals surface area contributed by atoms with Crippen molar-refractivity contribution in [2.75, 3.05) is 18.0 Å². The lowest BCUT2D eigenvalue weighted by atomic mass is 9.96. The van der Waals surface area contributed by atoms with Crippen molar-refractivity contribution in [3.8, 4) is 0 Å². The van der Waals surface area contributed by atoms with E-state index in [0.717, 1.165) is 35.4 Å². The predicted molar refractivity (Wildman–Crippen MR) is 72.2 cm³/mol. The van der Waals surface area contributed by atoms with Crippen LogP contribution in [0.3, 0.4) is 0 Å². The molecule has 0 spiro atoms. The summed E-state index contributed by atoms with van der Waals surface area (Å²) in [7, 11) is 0. The van der Waals surface area contributed by atoms with E-state index in [0.29, 0.717) is 0 Å². The molecular formula is C14H15N3O2. The summed E-state index contributed by atoms with van der Waals surface area (Å²) in [6.07, 6.45) is 0.230. The Kier molecular flexibility index (Phi) is 2.81. The van der Waals surface area contributed by atoms with Gasteiger partial charge in [0.05, 0.1) is 12.1 Å². The maximum atomic E-state index is 10.7. The maximum Gasteiger partial charge on any atom is 0.303 e. The largest absolute Gasteiger partial charge is 0.481 e. The van der Waals surface area contributed by atoms with Gasteiger partial charge in [0.2, 0.25) is 0 Å². The van der Waals surface area contributed by atoms with Gasteiger partial charge in [-0.1, -0.05) is 24.3 Å². The topological polar surface area (TPSA) is 66.3 Å². The quantitative estimate of drug-likeness (QED) is 0.909. The van der Waals surface area contributed by atoms with Crippen molar-refractivity contribution in [2.45, 2.75) is 13.3 Å². The van der Waals surface area contributed by atoms with Crippen molar-refractivity contribution in [1.29, 1.82) is 0 Å². The molecule has 1 aromatic carbocycles. The van der Waals surface area contributed by atoms with Crippen molar-refractivity contribution in [1.82, 2.24) is 10.2 Å². The van der Waals surface area contributed by atoms with E-state index in [9.17, 15) is 4.79 Å². The molecule has 5 nitrogen and oxygen atoms in total. The van der Waals surface area contributed by atoms with Gasteiger partial charge < -0.3 is 10.0 Å². The number of carboxylic acid groups (broad SMARTS) is 1. The SMILES string of the molecule is Cc1nnc(N2CC(CC(=O)O)C2)c2ccccc12. The highest BCUT2D eigenvalue weighted by Crippen LogP contribution is 2.31. The fourth-order valence-corrected chi connectivity index (χ4v) is 2.58. The zero-order valence-electron chi connectivity index (χ0n) is 10.7. The molecule has 19 heavy (non-hydrogen) atoms. The average molecular weight is 257 g/mol. The van der Waals surface area contributed by atoms with Crippen LogP contribution in [0.25, 0.3) is 10.8 Å². The number of hydrogen-bond acceptors (Lipinski definition) is 4. The first-order chi connectivity index (χ1) is 9.15. The van der Waals surface area contributed by atoms with Crippen LogP contribution in [-0.4, -0.2) is 34.4 Å². The molecule has 5 heteroatoms. The van der Waals surface area contributed by atoms with E-state index in [1.807, 2.05) is 31.2 Å². The zero-order chi connectivity index (χ0) is 13.4. The Morgan fingerprint density at radius 2 is 2.00 bits per heavy atom. The Morgan fingerprint density at radius 1 is 1.32 bits per heavy atom. The van der Waals surface area contributed by atoms with Gasteiger partial charge in [0.25, 0.3) is 0 Å². The molecule has 0 unspecified atom stereocenters. The van der Waals surface area contributed by atoms with Gasteiger partial charge in [0.1, 0.15) is 0 Å². The molecule has 0 amide bonds. The highest BCUT2D eigenvalue weighted by Gasteiger charge is 2.30. The van der Waals surface area contributed by atoms with Crippen molar-refractivity contribution in [2.24, 2.45) is 5.92 Å². The van der Waals surface area contributed by atoms with Crippen molar-refractivity contribution in [3.05, 3.63) is 30.0 Å². The van der Waals surface area contributed by atoms with Gasteiger partial charge in [-0.2, -0.15) is 5.10 Å². The van der Waals surface area contributed by atoms with Gasteiger partial charge in [0, 0.05) is 29.8 Å². The number of carboxylic acids is 1. The van der Waals surface area contributed by atoms with Crippen LogP contribution in [0.4, 0.5) is 5.82 Å². The molecule has 0 bridgehead atoms. The fraction of sp³-hybridized carbons (Fsp3) is 0.357. The standard InChI is InChI=1S/C14H15N3O2/c1-9-11-4-2-3-5-12(11)14(16-15-9)17-7-10(8-17)6-13(18)19/h2-5,10H,6-8H2,1H3,(H,18,19). The molecule has 2 heterocycles. The number of aryl methyl sites for hydroxylation is 1. The number of fused-ring (bicyclic) bond motifs is 1. The number of aliphatic carboxylic acids is 1. The van der Waals surface area contributed by atoms with Crippen LogP contribution in [0.1, 0.15) is 12.1 Å². The first-order valence-electron chi connectivity index (χ1n) is 6.34. The third-order valence-electron chi connectivity index (χ3n) is 3.57. The van der Waals surface area contributed by atoms with Gasteiger partial charge in [0.15, 0.2) is 5.82 Å². The van der Waals surface area contributed by atoms with Crippen LogP contribution in [0.15, 0.2) is 24.3 Å². The van der Waals surface area contributed by atoms with Crippen LogP contribution in [-0.2, 0) is 4.79 Å². The third-order valence-corrected chi connectivity index (χ3v) is 3.57. The molecule has 1 aliphatic heterocycles. The Hall–Kier alpha value is -2.17. The van der Waals surface area contributed by atoms with Gasteiger partial charge in [-0.15, -0.1) is 5.10 Å². The minimum atomic E-state index is -0.732. The van der Waals surface area contributed by atoms with E-state index in [1.165, 1.54) is 0 Å². The smallest absolute Gasteiger partial charge is 0.303 e. The number of anilines is 1. The molecule has 0 saturated carbocycles. The Bertz CT molecular complexity index is 636. The summed E-state index contributed by atoms with van der Waals surface area (Å²) in [4.78, 5) is 12.8. The van der Waals surface area contributed by atoms with E-state index in [-0.39, 0.29) is 12.3 Å². The molecule has 1 fully saturated rings. The van der Waals surface area contributed by atoms with Gasteiger partial charge in [-0.3, -0.25) is 4.79 Å². The number of carbonyl (C=O) groups is 1. The zero-order valence-corrected chi connectivity index (χ0v) is 10.7. The first-order valence-corrected chi connectivity index (χ1v) is 6.34. The molecule has 1 aliphatic rings. The van der Waals surface area contributed by atoms with E-state index in [1.54, 1.807) is 0 Å². The molecule has 1 aromatic heterocycles. The minimum absolute atomic E-state index is 0.222. The Labute approximate surface area is 110 Å². The van der Waals surface area contributed by atoms with Crippen LogP contribution in [0, 0.1) is 12.8 Å². The number of benzene rings is 1. The highest BCUT2D eigenvalue weighted by molar-refractivity contribution is 5.93. The van der Waals surface area contributed by atoms with Crippen LogP contribution in [0.2, 0.25) is 0 Å². The highest BCUT2D eigenvalue weighted by atomic mass is 16.4. The summed E-state index contributed by atoms with van der Waals surface area (Å²) in [5.41, 5.74) is 0.918. The average Bonchev–Trinajstić information content (AvgIpc) is 2.35. The lowest BCUT2D eigenvalue weighted by Crippen LogP contribution is -2.48. The van der Waals surface area contributed by atoms with Crippen LogP contribution in [0.5, 0.6) is 0 Å². The monoisotopic (exact) mass is 257 g/mol. The third kappa shape index (κ3) is 2.12. The molecule has 1 N–H and O–H groups in total. The number of nitrogens with zero attached hydrogens (tertiary/aromatic N) is 3. The molecular weight excluding hydrogens is 242 g/mol. The minimum Gasteiger partial charge on any atom is -0.481 e. The molecule has 3 rings (SSSR count). The number of rotatable bonds is 3. The van der Waals surface area contributed by atoms with Crippen LogP contribution < -0.4 is 4.90 Å². The molecule has 0 radical (unpaired) electrons. The maximum absolute atomic E-state index is 10.7. The van der Waals surface area contributed by atoms with Crippen molar-refractivity contribution in [3.63, 3.8) is 0 Å². The van der Waals surface area contributed by atoms with Crippen molar-refractivity contribution >= 4 is 22.6 Å². The fourth-order valence-electron chi connectivity index (χ4n) is 2.58. The molecule has 1 saturated heterocycles. The summed E-state index contributed by atoms with van der Waals surface area (Å²) in [6.45, 7) is 3.44. The molecule has 2 aromatic rings. The normalized spacial score (nSPS) is 15.5. The second-order valence-electron chi connectivity index (χ2n) is 5.02. The van der Waals surface area contributed by atoms with E-state index in [2.05, 4.69) is 15.1 Å². The summed E-state index contributed by atoms with van der Waals surface area (Å²) in [5.74, 6) is 0.353. The number of aromatic nitrogens is 2. The second-order valence-corrected chi connectivity index (χ2v) is 5.02. The summed E-state index contributed by atoms with van der Waals surface area (Å²) < 4.78 is 0. The van der Waals surface area contributed by atoms with Gasteiger partial charge in [-0.05, 0) is 6.92 Å². The van der Waals surface area contributed by atoms with Crippen molar-refractivity contribution < 1.29 is 9.90 Å². The molecule has 0 atom stereocenters. The first kappa shape index (κ1) is 11.9. The molecule has 0 aliphatic carbocycles. The van der Waals surface area contributed by atoms with E-state index >= 15 is 0 Å². The Morgan fingerprint density at radius 3 is 2.68 bits per heavy atom. The second kappa shape index (κ2) is 4.50. The van der Waals surface area contributed by atoms with Gasteiger partial charge >= 0.3 is 5.97 Å². The lowest BCUT2D eigenvalue weighted by molar-refractivity contribution is -0.138. The lowest BCUT2D eigenvalue weighted by Gasteiger charge is -2.39. The van der Waals surface area contributed by atoms with Crippen LogP contribution >= 0.6 is 0 Å². The molecule has 98 valence electrons. The summed E-state index contributed by atoms with van der Waals surface area (Å²) in [5, 5.41) is 19.4. The Balaban J connectivity index is 1.87. The predicted octanol–water partition coefficient (Wildman–Crippen LogP) is 1.85. The summed E-state index contributed by atoms with van der Waals surface area (Å²) >= 11 is 0. The van der Waals surface area contributed by atoms with Gasteiger partial charge in [-0.25, -0.2) is 0 Å². The van der Waals surface area contributed by atoms with E-state index in [4.69, 9.17) is 5.11 Å². The van der Waals surface area contributed by atoms with E-state index < -0.39 is 5.97 Å².